The molecule has 4 nitrogen and oxygen atoms in total. The second kappa shape index (κ2) is 20.7. The number of benzene rings is 4. The number of terminal acetylenes is 1. The fourth-order valence-electron chi connectivity index (χ4n) is 5.50. The smallest absolute Gasteiger partial charge is 0.0717 e. The van der Waals surface area contributed by atoms with Gasteiger partial charge in [-0.2, -0.15) is 0 Å². The molecule has 0 atom stereocenters. The van der Waals surface area contributed by atoms with Crippen LogP contribution in [-0.4, -0.2) is 26.4 Å². The summed E-state index contributed by atoms with van der Waals surface area (Å²) >= 11 is 0. The molecular weight excluding hydrogens is 592 g/mol. The topological polar surface area (TPSA) is 36.9 Å². The summed E-state index contributed by atoms with van der Waals surface area (Å²) in [6.07, 6.45) is 10.2. The average Bonchev–Trinajstić information content (AvgIpc) is 3.12. The van der Waals surface area contributed by atoms with E-state index >= 15 is 0 Å². The van der Waals surface area contributed by atoms with Crippen LogP contribution in [-0.2, 0) is 45.4 Å². The lowest BCUT2D eigenvalue weighted by Gasteiger charge is -2.31. The fourth-order valence-corrected chi connectivity index (χ4v) is 5.50. The SMILES string of the molecule is C#CCC(CC#CCC(CC=C)(COCc1ccccc1)COCc1ccccc1)(COCc1ccccc1)COCc1ccccc1. The van der Waals surface area contributed by atoms with Crippen molar-refractivity contribution >= 4 is 0 Å². The lowest BCUT2D eigenvalue weighted by atomic mass is 9.81. The molecule has 0 radical (unpaired) electrons. The largest absolute Gasteiger partial charge is 0.376 e. The summed E-state index contributed by atoms with van der Waals surface area (Å²) in [5.74, 6) is 9.88. The van der Waals surface area contributed by atoms with Crippen molar-refractivity contribution < 1.29 is 18.9 Å². The Kier molecular flexibility index (Phi) is 15.7. The first kappa shape index (κ1) is 36.4. The number of ether oxygens (including phenoxy) is 4. The van der Waals surface area contributed by atoms with Gasteiger partial charge in [0.05, 0.1) is 52.9 Å². The molecule has 248 valence electrons. The summed E-state index contributed by atoms with van der Waals surface area (Å²) < 4.78 is 25.2. The lowest BCUT2D eigenvalue weighted by Crippen LogP contribution is -2.33. The Bertz CT molecular complexity index is 1460. The maximum atomic E-state index is 6.31. The van der Waals surface area contributed by atoms with E-state index in [4.69, 9.17) is 25.4 Å². The van der Waals surface area contributed by atoms with Crippen LogP contribution in [0.5, 0.6) is 0 Å². The van der Waals surface area contributed by atoms with Crippen molar-refractivity contribution in [1.29, 1.82) is 0 Å². The molecular formula is C44H48O4. The van der Waals surface area contributed by atoms with Crippen LogP contribution in [0, 0.1) is 35.0 Å². The highest BCUT2D eigenvalue weighted by atomic mass is 16.5. The van der Waals surface area contributed by atoms with Crippen molar-refractivity contribution in [3.63, 3.8) is 0 Å². The number of hydrogen-bond donors (Lipinski definition) is 0. The number of hydrogen-bond acceptors (Lipinski definition) is 4. The molecule has 0 N–H and O–H groups in total. The van der Waals surface area contributed by atoms with Crippen LogP contribution in [0.3, 0.4) is 0 Å². The zero-order chi connectivity index (χ0) is 33.6. The van der Waals surface area contributed by atoms with Crippen molar-refractivity contribution in [3.05, 3.63) is 156 Å². The van der Waals surface area contributed by atoms with Gasteiger partial charge in [0.2, 0.25) is 0 Å². The van der Waals surface area contributed by atoms with E-state index < -0.39 is 5.41 Å². The summed E-state index contributed by atoms with van der Waals surface area (Å²) in [5, 5.41) is 0. The van der Waals surface area contributed by atoms with Crippen LogP contribution in [0.25, 0.3) is 0 Å². The van der Waals surface area contributed by atoms with Gasteiger partial charge in [0.1, 0.15) is 0 Å². The Morgan fingerprint density at radius 1 is 0.479 bits per heavy atom. The summed E-state index contributed by atoms with van der Waals surface area (Å²) in [4.78, 5) is 0. The van der Waals surface area contributed by atoms with Gasteiger partial charge < -0.3 is 18.9 Å². The van der Waals surface area contributed by atoms with Gasteiger partial charge in [-0.25, -0.2) is 0 Å². The van der Waals surface area contributed by atoms with Crippen molar-refractivity contribution in [2.45, 2.75) is 52.1 Å². The van der Waals surface area contributed by atoms with Crippen LogP contribution in [0.4, 0.5) is 0 Å². The van der Waals surface area contributed by atoms with Crippen LogP contribution in [0.2, 0.25) is 0 Å². The molecule has 4 aromatic rings. The van der Waals surface area contributed by atoms with E-state index in [-0.39, 0.29) is 5.41 Å². The zero-order valence-corrected chi connectivity index (χ0v) is 28.0. The van der Waals surface area contributed by atoms with E-state index in [1.165, 1.54) is 0 Å². The third kappa shape index (κ3) is 13.0. The van der Waals surface area contributed by atoms with Gasteiger partial charge >= 0.3 is 0 Å². The number of rotatable bonds is 21. The van der Waals surface area contributed by atoms with Gasteiger partial charge in [-0.3, -0.25) is 0 Å². The molecule has 0 saturated heterocycles. The minimum Gasteiger partial charge on any atom is -0.376 e. The Hall–Kier alpha value is -4.42. The molecule has 0 fully saturated rings. The maximum absolute atomic E-state index is 6.31. The van der Waals surface area contributed by atoms with Gasteiger partial charge in [-0.1, -0.05) is 127 Å². The third-order valence-electron chi connectivity index (χ3n) is 8.19. The van der Waals surface area contributed by atoms with E-state index in [9.17, 15) is 0 Å². The second-order valence-electron chi connectivity index (χ2n) is 12.5. The van der Waals surface area contributed by atoms with Gasteiger partial charge in [0.25, 0.3) is 0 Å². The van der Waals surface area contributed by atoms with Crippen molar-refractivity contribution in [1.82, 2.24) is 0 Å². The summed E-state index contributed by atoms with van der Waals surface area (Å²) in [6, 6.07) is 40.8. The van der Waals surface area contributed by atoms with E-state index in [1.54, 1.807) is 0 Å². The third-order valence-corrected chi connectivity index (χ3v) is 8.19. The van der Waals surface area contributed by atoms with Gasteiger partial charge in [0.15, 0.2) is 0 Å². The minimum absolute atomic E-state index is 0.360. The molecule has 0 bridgehead atoms. The lowest BCUT2D eigenvalue weighted by molar-refractivity contribution is -0.0301. The normalized spacial score (nSPS) is 11.3. The monoisotopic (exact) mass is 640 g/mol. The molecule has 0 amide bonds. The average molecular weight is 641 g/mol. The molecule has 4 rings (SSSR count). The number of allylic oxidation sites excluding steroid dienone is 1. The fraction of sp³-hybridized carbons (Fsp3) is 0.318. The van der Waals surface area contributed by atoms with E-state index in [2.05, 4.69) is 72.9 Å². The molecule has 0 aliphatic rings. The molecule has 4 heteroatoms. The van der Waals surface area contributed by atoms with Crippen LogP contribution in [0.15, 0.2) is 134 Å². The summed E-state index contributed by atoms with van der Waals surface area (Å²) in [5.41, 5.74) is 3.67. The predicted molar refractivity (Wildman–Crippen MR) is 195 cm³/mol. The molecule has 0 unspecified atom stereocenters. The van der Waals surface area contributed by atoms with Gasteiger partial charge in [-0.05, 0) is 28.7 Å². The van der Waals surface area contributed by atoms with Gasteiger partial charge in [0, 0.05) is 30.1 Å². The van der Waals surface area contributed by atoms with Crippen LogP contribution in [0.1, 0.15) is 47.9 Å². The molecule has 0 heterocycles. The van der Waals surface area contributed by atoms with E-state index in [0.29, 0.717) is 78.5 Å². The minimum atomic E-state index is -0.458. The Morgan fingerprint density at radius 2 is 0.792 bits per heavy atom. The first-order chi connectivity index (χ1) is 23.6. The molecule has 0 saturated carbocycles. The highest BCUT2D eigenvalue weighted by Gasteiger charge is 2.31. The summed E-state index contributed by atoms with van der Waals surface area (Å²) in [7, 11) is 0. The predicted octanol–water partition coefficient (Wildman–Crippen LogP) is 9.21. The standard InChI is InChI=1S/C44H48O4/c1-3-27-43(35-45-31-39-19-9-5-10-20-39,36-46-32-40-21-11-6-12-22-40)29-17-18-30-44(28-4-2,37-47-33-41-23-13-7-14-24-41)38-48-34-42-25-15-8-16-26-42/h1,4-16,19-26H,2,27-38H2. The Balaban J connectivity index is 1.48. The molecule has 0 aromatic heterocycles. The highest BCUT2D eigenvalue weighted by molar-refractivity contribution is 5.17. The summed E-state index contributed by atoms with van der Waals surface area (Å²) in [6.45, 7) is 7.98. The van der Waals surface area contributed by atoms with Crippen LogP contribution < -0.4 is 0 Å². The molecule has 48 heavy (non-hydrogen) atoms. The van der Waals surface area contributed by atoms with Crippen LogP contribution >= 0.6 is 0 Å². The maximum Gasteiger partial charge on any atom is 0.0717 e. The van der Waals surface area contributed by atoms with Crippen molar-refractivity contribution in [3.8, 4) is 24.2 Å². The first-order valence-electron chi connectivity index (χ1n) is 16.6. The van der Waals surface area contributed by atoms with E-state index in [1.807, 2.05) is 78.9 Å². The highest BCUT2D eigenvalue weighted by Crippen LogP contribution is 2.31. The van der Waals surface area contributed by atoms with Crippen molar-refractivity contribution in [2.24, 2.45) is 10.8 Å². The molecule has 4 aromatic carbocycles. The Labute approximate surface area is 288 Å². The zero-order valence-electron chi connectivity index (χ0n) is 28.0. The quantitative estimate of drug-likeness (QED) is 0.0672. The molecule has 0 spiro atoms. The van der Waals surface area contributed by atoms with E-state index in [0.717, 1.165) is 22.3 Å². The second-order valence-corrected chi connectivity index (χ2v) is 12.5. The molecule has 0 aliphatic carbocycles. The first-order valence-corrected chi connectivity index (χ1v) is 16.6. The Morgan fingerprint density at radius 3 is 1.10 bits per heavy atom. The molecule has 0 aliphatic heterocycles. The van der Waals surface area contributed by atoms with Crippen molar-refractivity contribution in [2.75, 3.05) is 26.4 Å². The van der Waals surface area contributed by atoms with Gasteiger partial charge in [-0.15, -0.1) is 30.8 Å².